The zero-order valence-electron chi connectivity index (χ0n) is 9.13. The first kappa shape index (κ1) is 11.0. The maximum absolute atomic E-state index is 9.84. The lowest BCUT2D eigenvalue weighted by molar-refractivity contribution is 0.0436. The van der Waals surface area contributed by atoms with E-state index in [-0.39, 0.29) is 6.10 Å². The van der Waals surface area contributed by atoms with E-state index < -0.39 is 0 Å². The third-order valence-electron chi connectivity index (χ3n) is 3.40. The largest absolute Gasteiger partial charge is 0.393 e. The maximum atomic E-state index is 9.84. The van der Waals surface area contributed by atoms with Crippen molar-refractivity contribution >= 4 is 0 Å². The van der Waals surface area contributed by atoms with Crippen LogP contribution in [0.2, 0.25) is 0 Å². The molecule has 1 nitrogen and oxygen atoms in total. The average Bonchev–Trinajstić information content (AvgIpc) is 2.09. The number of hydrogen-bond donors (Lipinski definition) is 1. The van der Waals surface area contributed by atoms with Crippen molar-refractivity contribution < 1.29 is 5.11 Å². The summed E-state index contributed by atoms with van der Waals surface area (Å²) in [6.07, 6.45) is 8.81. The molecule has 78 valence electrons. The Morgan fingerprint density at radius 1 is 1.23 bits per heavy atom. The topological polar surface area (TPSA) is 20.2 Å². The Bertz CT molecular complexity index is 133. The molecule has 1 N–H and O–H groups in total. The first-order valence-electron chi connectivity index (χ1n) is 5.92. The number of aliphatic hydroxyl groups excluding tert-OH is 1. The second-order valence-corrected chi connectivity index (χ2v) is 4.74. The van der Waals surface area contributed by atoms with E-state index >= 15 is 0 Å². The minimum atomic E-state index is 0.000561. The molecule has 0 aromatic rings. The first-order chi connectivity index (χ1) is 6.24. The van der Waals surface area contributed by atoms with Gasteiger partial charge in [-0.3, -0.25) is 0 Å². The van der Waals surface area contributed by atoms with Gasteiger partial charge in [0.1, 0.15) is 0 Å². The van der Waals surface area contributed by atoms with Gasteiger partial charge in [0.15, 0.2) is 0 Å². The highest BCUT2D eigenvalue weighted by Gasteiger charge is 2.25. The van der Waals surface area contributed by atoms with Crippen molar-refractivity contribution in [2.75, 3.05) is 0 Å². The summed E-state index contributed by atoms with van der Waals surface area (Å²) >= 11 is 0. The van der Waals surface area contributed by atoms with Gasteiger partial charge in [0.05, 0.1) is 6.10 Å². The lowest BCUT2D eigenvalue weighted by Crippen LogP contribution is -2.28. The third kappa shape index (κ3) is 3.68. The van der Waals surface area contributed by atoms with Crippen molar-refractivity contribution in [3.05, 3.63) is 0 Å². The van der Waals surface area contributed by atoms with Gasteiger partial charge in [0.2, 0.25) is 0 Å². The van der Waals surface area contributed by atoms with Crippen molar-refractivity contribution in [3.63, 3.8) is 0 Å². The molecule has 0 amide bonds. The van der Waals surface area contributed by atoms with Crippen molar-refractivity contribution in [2.45, 2.75) is 64.9 Å². The Hall–Kier alpha value is -0.0400. The fourth-order valence-corrected chi connectivity index (χ4v) is 2.41. The number of unbranched alkanes of at least 4 members (excludes halogenated alkanes) is 2. The minimum Gasteiger partial charge on any atom is -0.393 e. The Morgan fingerprint density at radius 3 is 2.62 bits per heavy atom. The van der Waals surface area contributed by atoms with E-state index in [1.54, 1.807) is 0 Å². The highest BCUT2D eigenvalue weighted by Crippen LogP contribution is 2.31. The standard InChI is InChI=1S/C12H24O/c1-3-4-5-6-11-8-7-10(2)9-12(11)13/h10-13H,3-9H2,1-2H3. The summed E-state index contributed by atoms with van der Waals surface area (Å²) in [5, 5.41) is 9.84. The fraction of sp³-hybridized carbons (Fsp3) is 1.00. The van der Waals surface area contributed by atoms with Gasteiger partial charge in [0.25, 0.3) is 0 Å². The zero-order chi connectivity index (χ0) is 9.68. The molecule has 1 heteroatoms. The van der Waals surface area contributed by atoms with Crippen LogP contribution in [0.15, 0.2) is 0 Å². The van der Waals surface area contributed by atoms with Crippen LogP contribution in [0.5, 0.6) is 0 Å². The molecule has 1 aliphatic carbocycles. The molecule has 1 fully saturated rings. The molecule has 0 aromatic heterocycles. The lowest BCUT2D eigenvalue weighted by Gasteiger charge is -2.31. The molecule has 0 saturated heterocycles. The molecule has 3 unspecified atom stereocenters. The lowest BCUT2D eigenvalue weighted by atomic mass is 9.78. The van der Waals surface area contributed by atoms with Gasteiger partial charge in [0, 0.05) is 0 Å². The Labute approximate surface area is 82.5 Å². The monoisotopic (exact) mass is 184 g/mol. The summed E-state index contributed by atoms with van der Waals surface area (Å²) in [6.45, 7) is 4.49. The van der Waals surface area contributed by atoms with E-state index in [9.17, 15) is 5.11 Å². The molecule has 1 rings (SSSR count). The van der Waals surface area contributed by atoms with Crippen molar-refractivity contribution in [2.24, 2.45) is 11.8 Å². The van der Waals surface area contributed by atoms with E-state index in [4.69, 9.17) is 0 Å². The summed E-state index contributed by atoms with van der Waals surface area (Å²) in [7, 11) is 0. The summed E-state index contributed by atoms with van der Waals surface area (Å²) in [6, 6.07) is 0. The number of aliphatic hydroxyl groups is 1. The van der Waals surface area contributed by atoms with E-state index in [1.165, 1.54) is 38.5 Å². The van der Waals surface area contributed by atoms with Gasteiger partial charge in [-0.15, -0.1) is 0 Å². The predicted molar refractivity (Wildman–Crippen MR) is 56.7 cm³/mol. The zero-order valence-corrected chi connectivity index (χ0v) is 9.13. The van der Waals surface area contributed by atoms with E-state index in [0.717, 1.165) is 12.3 Å². The highest BCUT2D eigenvalue weighted by atomic mass is 16.3. The van der Waals surface area contributed by atoms with Crippen LogP contribution in [0.1, 0.15) is 58.8 Å². The van der Waals surface area contributed by atoms with Crippen LogP contribution in [-0.2, 0) is 0 Å². The van der Waals surface area contributed by atoms with Crippen LogP contribution >= 0.6 is 0 Å². The molecule has 0 aromatic carbocycles. The van der Waals surface area contributed by atoms with Crippen LogP contribution in [0.4, 0.5) is 0 Å². The van der Waals surface area contributed by atoms with Crippen molar-refractivity contribution in [1.82, 2.24) is 0 Å². The molecule has 0 bridgehead atoms. The van der Waals surface area contributed by atoms with Gasteiger partial charge >= 0.3 is 0 Å². The smallest absolute Gasteiger partial charge is 0.0570 e. The Balaban J connectivity index is 2.18. The molecule has 1 saturated carbocycles. The summed E-state index contributed by atoms with van der Waals surface area (Å²) in [5.41, 5.74) is 0. The van der Waals surface area contributed by atoms with Crippen LogP contribution < -0.4 is 0 Å². The van der Waals surface area contributed by atoms with Crippen LogP contribution in [0, 0.1) is 11.8 Å². The Kier molecular flexibility index (Phi) is 4.79. The Morgan fingerprint density at radius 2 is 2.00 bits per heavy atom. The first-order valence-corrected chi connectivity index (χ1v) is 5.92. The molecule has 3 atom stereocenters. The number of hydrogen-bond acceptors (Lipinski definition) is 1. The van der Waals surface area contributed by atoms with Gasteiger partial charge < -0.3 is 5.11 Å². The van der Waals surface area contributed by atoms with E-state index in [0.29, 0.717) is 5.92 Å². The molecule has 0 aliphatic heterocycles. The summed E-state index contributed by atoms with van der Waals surface area (Å²) in [4.78, 5) is 0. The summed E-state index contributed by atoms with van der Waals surface area (Å²) in [5.74, 6) is 1.36. The number of rotatable bonds is 4. The third-order valence-corrected chi connectivity index (χ3v) is 3.40. The molecule has 0 heterocycles. The second kappa shape index (κ2) is 5.64. The highest BCUT2D eigenvalue weighted by molar-refractivity contribution is 4.77. The predicted octanol–water partition coefficient (Wildman–Crippen LogP) is 3.36. The van der Waals surface area contributed by atoms with E-state index in [1.807, 2.05) is 0 Å². The quantitative estimate of drug-likeness (QED) is 0.664. The van der Waals surface area contributed by atoms with E-state index in [2.05, 4.69) is 13.8 Å². The fourth-order valence-electron chi connectivity index (χ4n) is 2.41. The molecule has 0 spiro atoms. The van der Waals surface area contributed by atoms with Crippen LogP contribution in [0.25, 0.3) is 0 Å². The molecular formula is C12H24O. The SMILES string of the molecule is CCCCCC1CCC(C)CC1O. The molecule has 0 radical (unpaired) electrons. The van der Waals surface area contributed by atoms with Gasteiger partial charge in [-0.1, -0.05) is 39.5 Å². The molecule has 13 heavy (non-hydrogen) atoms. The normalized spacial score (nSPS) is 34.8. The van der Waals surface area contributed by atoms with Crippen LogP contribution in [-0.4, -0.2) is 11.2 Å². The van der Waals surface area contributed by atoms with Gasteiger partial charge in [-0.25, -0.2) is 0 Å². The van der Waals surface area contributed by atoms with Gasteiger partial charge in [-0.2, -0.15) is 0 Å². The minimum absolute atomic E-state index is 0.000561. The molecule has 1 aliphatic rings. The summed E-state index contributed by atoms with van der Waals surface area (Å²) < 4.78 is 0. The second-order valence-electron chi connectivity index (χ2n) is 4.74. The van der Waals surface area contributed by atoms with Crippen molar-refractivity contribution in [3.8, 4) is 0 Å². The van der Waals surface area contributed by atoms with Crippen LogP contribution in [0.3, 0.4) is 0 Å². The molecular weight excluding hydrogens is 160 g/mol. The van der Waals surface area contributed by atoms with Crippen molar-refractivity contribution in [1.29, 1.82) is 0 Å². The van der Waals surface area contributed by atoms with Gasteiger partial charge in [-0.05, 0) is 31.1 Å². The average molecular weight is 184 g/mol. The maximum Gasteiger partial charge on any atom is 0.0570 e.